The van der Waals surface area contributed by atoms with Crippen molar-refractivity contribution in [1.29, 1.82) is 0 Å². The van der Waals surface area contributed by atoms with Crippen molar-refractivity contribution in [2.75, 3.05) is 18.4 Å². The van der Waals surface area contributed by atoms with Crippen LogP contribution < -0.4 is 5.32 Å². The molecule has 0 spiro atoms. The Balaban J connectivity index is 1.94. The van der Waals surface area contributed by atoms with E-state index in [0.717, 1.165) is 24.9 Å². The van der Waals surface area contributed by atoms with E-state index in [1.54, 1.807) is 0 Å². The number of likely N-dealkylation sites (tertiary alicyclic amines) is 1. The number of aromatic nitrogens is 1. The molecule has 0 radical (unpaired) electrons. The van der Waals surface area contributed by atoms with Crippen molar-refractivity contribution in [3.8, 4) is 0 Å². The van der Waals surface area contributed by atoms with Gasteiger partial charge >= 0.3 is 0 Å². The minimum absolute atomic E-state index is 0.781. The molecule has 2 rings (SSSR count). The van der Waals surface area contributed by atoms with Gasteiger partial charge in [-0.15, -0.1) is 0 Å². The van der Waals surface area contributed by atoms with E-state index in [0.29, 0.717) is 0 Å². The Kier molecular flexibility index (Phi) is 4.37. The molecule has 3 nitrogen and oxygen atoms in total. The van der Waals surface area contributed by atoms with Crippen LogP contribution in [0.25, 0.3) is 0 Å². The summed E-state index contributed by atoms with van der Waals surface area (Å²) in [7, 11) is 0. The number of hydrogen-bond donors (Lipinski definition) is 1. The smallest absolute Gasteiger partial charge is 0.125 e. The second-order valence-electron chi connectivity index (χ2n) is 4.76. The number of nitrogens with zero attached hydrogens (tertiary/aromatic N) is 2. The van der Waals surface area contributed by atoms with Crippen molar-refractivity contribution in [3.63, 3.8) is 0 Å². The average molecular weight is 233 g/mol. The number of anilines is 1. The fourth-order valence-electron chi connectivity index (χ4n) is 2.60. The lowest BCUT2D eigenvalue weighted by Gasteiger charge is -2.23. The van der Waals surface area contributed by atoms with Gasteiger partial charge in [-0.1, -0.05) is 13.0 Å². The van der Waals surface area contributed by atoms with Crippen molar-refractivity contribution in [1.82, 2.24) is 9.88 Å². The van der Waals surface area contributed by atoms with Gasteiger partial charge in [0.25, 0.3) is 0 Å². The quantitative estimate of drug-likeness (QED) is 0.847. The maximum atomic E-state index is 4.42. The van der Waals surface area contributed by atoms with E-state index in [4.69, 9.17) is 0 Å². The van der Waals surface area contributed by atoms with Gasteiger partial charge in [0.2, 0.25) is 0 Å². The standard InChI is InChI=1S/C14H23N3/c1-3-13-6-5-9-17(13)11-12-7-8-14(15-4-2)16-10-12/h7-8,10,13H,3-6,9,11H2,1-2H3,(H,15,16). The van der Waals surface area contributed by atoms with E-state index in [-0.39, 0.29) is 0 Å². The van der Waals surface area contributed by atoms with Gasteiger partial charge in [-0.05, 0) is 44.4 Å². The van der Waals surface area contributed by atoms with Gasteiger partial charge in [-0.2, -0.15) is 0 Å². The lowest BCUT2D eigenvalue weighted by molar-refractivity contribution is 0.240. The predicted octanol–water partition coefficient (Wildman–Crippen LogP) is 2.89. The Hall–Kier alpha value is -1.09. The molecule has 1 saturated heterocycles. The molecule has 0 saturated carbocycles. The maximum Gasteiger partial charge on any atom is 0.125 e. The zero-order chi connectivity index (χ0) is 12.1. The second-order valence-corrected chi connectivity index (χ2v) is 4.76. The number of pyridine rings is 1. The molecule has 1 aliphatic heterocycles. The number of hydrogen-bond acceptors (Lipinski definition) is 3. The summed E-state index contributed by atoms with van der Waals surface area (Å²) in [5, 5.41) is 3.22. The number of rotatable bonds is 5. The zero-order valence-electron chi connectivity index (χ0n) is 10.9. The largest absolute Gasteiger partial charge is 0.370 e. The van der Waals surface area contributed by atoms with Crippen LogP contribution in [-0.2, 0) is 6.54 Å². The van der Waals surface area contributed by atoms with E-state index < -0.39 is 0 Å². The third-order valence-corrected chi connectivity index (χ3v) is 3.54. The van der Waals surface area contributed by atoms with E-state index in [1.807, 2.05) is 6.20 Å². The molecule has 1 aromatic heterocycles. The van der Waals surface area contributed by atoms with Gasteiger partial charge < -0.3 is 5.32 Å². The van der Waals surface area contributed by atoms with Gasteiger partial charge in [0.15, 0.2) is 0 Å². The minimum atomic E-state index is 0.781. The van der Waals surface area contributed by atoms with Crippen molar-refractivity contribution in [2.45, 2.75) is 45.7 Å². The predicted molar refractivity (Wildman–Crippen MR) is 72.1 cm³/mol. The summed E-state index contributed by atoms with van der Waals surface area (Å²) in [6.07, 6.45) is 5.98. The average Bonchev–Trinajstić information content (AvgIpc) is 2.79. The summed E-state index contributed by atoms with van der Waals surface area (Å²) in [6.45, 7) is 7.60. The van der Waals surface area contributed by atoms with Crippen LogP contribution in [0, 0.1) is 0 Å². The Labute approximate surface area is 104 Å². The highest BCUT2D eigenvalue weighted by Gasteiger charge is 2.22. The van der Waals surface area contributed by atoms with Crippen LogP contribution >= 0.6 is 0 Å². The summed E-state index contributed by atoms with van der Waals surface area (Å²) in [6, 6.07) is 5.05. The van der Waals surface area contributed by atoms with Gasteiger partial charge in [-0.3, -0.25) is 4.90 Å². The van der Waals surface area contributed by atoms with E-state index >= 15 is 0 Å². The topological polar surface area (TPSA) is 28.2 Å². The van der Waals surface area contributed by atoms with Crippen LogP contribution in [0.5, 0.6) is 0 Å². The molecule has 1 aliphatic rings. The highest BCUT2D eigenvalue weighted by molar-refractivity contribution is 5.35. The Morgan fingerprint density at radius 2 is 2.29 bits per heavy atom. The van der Waals surface area contributed by atoms with Crippen LogP contribution in [0.15, 0.2) is 18.3 Å². The first-order chi connectivity index (χ1) is 8.33. The molecule has 0 aliphatic carbocycles. The SMILES string of the molecule is CCNc1ccc(CN2CCCC2CC)cn1. The van der Waals surface area contributed by atoms with Crippen molar-refractivity contribution >= 4 is 5.82 Å². The molecule has 1 atom stereocenters. The normalized spacial score (nSPS) is 20.7. The van der Waals surface area contributed by atoms with Crippen molar-refractivity contribution in [3.05, 3.63) is 23.9 Å². The third kappa shape index (κ3) is 3.19. The summed E-state index contributed by atoms with van der Waals surface area (Å²) < 4.78 is 0. The Morgan fingerprint density at radius 1 is 1.41 bits per heavy atom. The molecule has 94 valence electrons. The Morgan fingerprint density at radius 3 is 2.94 bits per heavy atom. The van der Waals surface area contributed by atoms with Crippen LogP contribution in [0.3, 0.4) is 0 Å². The van der Waals surface area contributed by atoms with Gasteiger partial charge in [-0.25, -0.2) is 4.98 Å². The van der Waals surface area contributed by atoms with E-state index in [1.165, 1.54) is 31.4 Å². The molecule has 0 aromatic carbocycles. The molecule has 0 bridgehead atoms. The summed E-state index contributed by atoms with van der Waals surface area (Å²) in [4.78, 5) is 7.01. The summed E-state index contributed by atoms with van der Waals surface area (Å²) >= 11 is 0. The van der Waals surface area contributed by atoms with E-state index in [2.05, 4.69) is 41.2 Å². The molecule has 1 N–H and O–H groups in total. The monoisotopic (exact) mass is 233 g/mol. The molecule has 1 aromatic rings. The molecule has 1 fully saturated rings. The fourth-order valence-corrected chi connectivity index (χ4v) is 2.60. The third-order valence-electron chi connectivity index (χ3n) is 3.54. The molecular weight excluding hydrogens is 210 g/mol. The first-order valence-corrected chi connectivity index (χ1v) is 6.76. The molecule has 17 heavy (non-hydrogen) atoms. The zero-order valence-corrected chi connectivity index (χ0v) is 10.9. The van der Waals surface area contributed by atoms with Gasteiger partial charge in [0.05, 0.1) is 0 Å². The molecule has 2 heterocycles. The molecule has 0 amide bonds. The Bertz CT molecular complexity index is 334. The first kappa shape index (κ1) is 12.4. The van der Waals surface area contributed by atoms with Crippen LogP contribution in [-0.4, -0.2) is 29.0 Å². The lowest BCUT2D eigenvalue weighted by atomic mass is 10.1. The van der Waals surface area contributed by atoms with Gasteiger partial charge in [0, 0.05) is 25.3 Å². The van der Waals surface area contributed by atoms with Crippen LogP contribution in [0.4, 0.5) is 5.82 Å². The first-order valence-electron chi connectivity index (χ1n) is 6.76. The van der Waals surface area contributed by atoms with Crippen molar-refractivity contribution < 1.29 is 0 Å². The minimum Gasteiger partial charge on any atom is -0.370 e. The molecular formula is C14H23N3. The van der Waals surface area contributed by atoms with E-state index in [9.17, 15) is 0 Å². The van der Waals surface area contributed by atoms with Crippen LogP contribution in [0.2, 0.25) is 0 Å². The van der Waals surface area contributed by atoms with Gasteiger partial charge in [0.1, 0.15) is 5.82 Å². The second kappa shape index (κ2) is 6.01. The van der Waals surface area contributed by atoms with Crippen molar-refractivity contribution in [2.24, 2.45) is 0 Å². The maximum absolute atomic E-state index is 4.42. The highest BCUT2D eigenvalue weighted by Crippen LogP contribution is 2.22. The summed E-state index contributed by atoms with van der Waals surface area (Å²) in [5.41, 5.74) is 1.33. The molecule has 1 unspecified atom stereocenters. The highest BCUT2D eigenvalue weighted by atomic mass is 15.2. The number of nitrogens with one attached hydrogen (secondary N) is 1. The fraction of sp³-hybridized carbons (Fsp3) is 0.643. The lowest BCUT2D eigenvalue weighted by Crippen LogP contribution is -2.28. The molecule has 3 heteroatoms. The summed E-state index contributed by atoms with van der Waals surface area (Å²) in [5.74, 6) is 0.977. The van der Waals surface area contributed by atoms with Crippen LogP contribution in [0.1, 0.15) is 38.7 Å².